The van der Waals surface area contributed by atoms with E-state index in [-0.39, 0.29) is 29.6 Å². The second kappa shape index (κ2) is 9.95. The van der Waals surface area contributed by atoms with E-state index in [1.807, 2.05) is 42.5 Å². The van der Waals surface area contributed by atoms with Crippen LogP contribution in [-0.4, -0.2) is 51.0 Å². The van der Waals surface area contributed by atoms with Crippen molar-refractivity contribution in [2.75, 3.05) is 35.5 Å². The number of hydrogen-bond acceptors (Lipinski definition) is 4. The molecule has 0 unspecified atom stereocenters. The average Bonchev–Trinajstić information content (AvgIpc) is 3.19. The smallest absolute Gasteiger partial charge is 0.321 e. The van der Waals surface area contributed by atoms with Gasteiger partial charge >= 0.3 is 6.03 Å². The highest BCUT2D eigenvalue weighted by molar-refractivity contribution is 7.92. The number of ketones is 1. The molecule has 3 aromatic carbocycles. The number of anilines is 2. The molecule has 0 aromatic heterocycles. The molecule has 2 heterocycles. The van der Waals surface area contributed by atoms with Crippen molar-refractivity contribution < 1.29 is 18.0 Å². The van der Waals surface area contributed by atoms with Crippen LogP contribution in [0.4, 0.5) is 16.2 Å². The molecule has 1 fully saturated rings. The second-order valence-corrected chi connectivity index (χ2v) is 11.2. The van der Waals surface area contributed by atoms with Crippen LogP contribution in [0.25, 0.3) is 0 Å². The zero-order valence-electron chi connectivity index (χ0n) is 19.9. The molecule has 2 amide bonds. The predicted octanol–water partition coefficient (Wildman–Crippen LogP) is 4.68. The molecule has 0 radical (unpaired) electrons. The molecule has 0 atom stereocenters. The first kappa shape index (κ1) is 25.7. The largest absolute Gasteiger partial charge is 0.324 e. The van der Waals surface area contributed by atoms with Crippen molar-refractivity contribution in [2.24, 2.45) is 0 Å². The van der Waals surface area contributed by atoms with E-state index in [2.05, 4.69) is 5.32 Å². The summed E-state index contributed by atoms with van der Waals surface area (Å²) < 4.78 is 26.2. The Morgan fingerprint density at radius 1 is 0.833 bits per heavy atom. The van der Waals surface area contributed by atoms with Gasteiger partial charge in [0.15, 0.2) is 5.78 Å². The van der Waals surface area contributed by atoms with E-state index in [4.69, 9.17) is 0 Å². The standard InChI is InChI=1S/C27H27N3O4S.ClH/c1-35(33,34)30-19-27(23-9-5-6-10-24(23)30)15-17-29(18-16-27)26(32)28-22-13-11-21(12-14-22)25(31)20-7-3-2-4-8-20;/h2-14H,15-19H2,1H3,(H,28,32);1H. The monoisotopic (exact) mass is 525 g/mol. The molecule has 2 aliphatic rings. The highest BCUT2D eigenvalue weighted by Crippen LogP contribution is 2.47. The third-order valence-corrected chi connectivity index (χ3v) is 8.16. The lowest BCUT2D eigenvalue weighted by molar-refractivity contribution is 0.103. The van der Waals surface area contributed by atoms with Crippen molar-refractivity contribution >= 4 is 45.6 Å². The van der Waals surface area contributed by atoms with E-state index in [1.54, 1.807) is 41.3 Å². The van der Waals surface area contributed by atoms with Gasteiger partial charge in [-0.05, 0) is 48.7 Å². The van der Waals surface area contributed by atoms with Crippen LogP contribution in [0.5, 0.6) is 0 Å². The summed E-state index contributed by atoms with van der Waals surface area (Å²) >= 11 is 0. The molecule has 3 aromatic rings. The summed E-state index contributed by atoms with van der Waals surface area (Å²) in [6.07, 6.45) is 2.62. The van der Waals surface area contributed by atoms with Gasteiger partial charge in [0.25, 0.3) is 0 Å². The average molecular weight is 526 g/mol. The molecule has 1 N–H and O–H groups in total. The zero-order chi connectivity index (χ0) is 24.6. The summed E-state index contributed by atoms with van der Waals surface area (Å²) in [4.78, 5) is 27.3. The number of carbonyl (C=O) groups is 2. The van der Waals surface area contributed by atoms with Crippen molar-refractivity contribution in [2.45, 2.75) is 18.3 Å². The fraction of sp³-hybridized carbons (Fsp3) is 0.259. The number of hydrogen-bond donors (Lipinski definition) is 1. The summed E-state index contributed by atoms with van der Waals surface area (Å²) in [6.45, 7) is 1.47. The summed E-state index contributed by atoms with van der Waals surface area (Å²) in [5.41, 5.74) is 3.31. The predicted molar refractivity (Wildman–Crippen MR) is 144 cm³/mol. The minimum absolute atomic E-state index is 0. The number of fused-ring (bicyclic) bond motifs is 2. The van der Waals surface area contributed by atoms with Crippen molar-refractivity contribution in [3.63, 3.8) is 0 Å². The number of rotatable bonds is 4. The quantitative estimate of drug-likeness (QED) is 0.501. The van der Waals surface area contributed by atoms with Crippen molar-refractivity contribution in [3.8, 4) is 0 Å². The van der Waals surface area contributed by atoms with Crippen LogP contribution in [0.15, 0.2) is 78.9 Å². The van der Waals surface area contributed by atoms with Crippen LogP contribution in [0.2, 0.25) is 0 Å². The molecular formula is C27H28ClN3O4S. The third kappa shape index (κ3) is 4.83. The van der Waals surface area contributed by atoms with E-state index in [0.717, 1.165) is 11.3 Å². The molecule has 5 rings (SSSR count). The Morgan fingerprint density at radius 2 is 1.42 bits per heavy atom. The second-order valence-electron chi connectivity index (χ2n) is 9.26. The molecule has 188 valence electrons. The number of benzene rings is 3. The van der Waals surface area contributed by atoms with Gasteiger partial charge in [0.05, 0.1) is 11.9 Å². The van der Waals surface area contributed by atoms with Gasteiger partial charge in [0, 0.05) is 41.9 Å². The number of amides is 2. The fourth-order valence-electron chi connectivity index (χ4n) is 5.11. The van der Waals surface area contributed by atoms with Crippen LogP contribution in [-0.2, 0) is 15.4 Å². The Morgan fingerprint density at radius 3 is 2.06 bits per heavy atom. The van der Waals surface area contributed by atoms with Crippen LogP contribution < -0.4 is 9.62 Å². The van der Waals surface area contributed by atoms with Gasteiger partial charge in [-0.2, -0.15) is 0 Å². The number of nitrogens with zero attached hydrogens (tertiary/aromatic N) is 2. The van der Waals surface area contributed by atoms with E-state index >= 15 is 0 Å². The SMILES string of the molecule is CS(=O)(=O)N1CC2(CCN(C(=O)Nc3ccc(C(=O)c4ccccc4)cc3)CC2)c2ccccc21.Cl. The fourth-order valence-corrected chi connectivity index (χ4v) is 6.11. The molecule has 7 nitrogen and oxygen atoms in total. The Balaban J connectivity index is 0.00000304. The molecule has 9 heteroatoms. The van der Waals surface area contributed by atoms with Gasteiger partial charge in [0.1, 0.15) is 0 Å². The lowest BCUT2D eigenvalue weighted by atomic mass is 9.74. The lowest BCUT2D eigenvalue weighted by Gasteiger charge is -2.39. The summed E-state index contributed by atoms with van der Waals surface area (Å²) in [5, 5.41) is 2.92. The summed E-state index contributed by atoms with van der Waals surface area (Å²) in [7, 11) is -3.37. The van der Waals surface area contributed by atoms with Crippen molar-refractivity contribution in [1.29, 1.82) is 0 Å². The van der Waals surface area contributed by atoms with E-state index in [1.165, 1.54) is 10.6 Å². The summed E-state index contributed by atoms with van der Waals surface area (Å²) in [5.74, 6) is -0.0650. The van der Waals surface area contributed by atoms with E-state index in [9.17, 15) is 18.0 Å². The molecular weight excluding hydrogens is 498 g/mol. The highest BCUT2D eigenvalue weighted by Gasteiger charge is 2.47. The first-order valence-corrected chi connectivity index (χ1v) is 13.4. The Hall–Kier alpha value is -3.36. The van der Waals surface area contributed by atoms with Crippen molar-refractivity contribution in [1.82, 2.24) is 4.90 Å². The molecule has 0 saturated carbocycles. The topological polar surface area (TPSA) is 86.8 Å². The first-order valence-electron chi connectivity index (χ1n) is 11.6. The number of likely N-dealkylation sites (tertiary alicyclic amines) is 1. The number of halogens is 1. The minimum Gasteiger partial charge on any atom is -0.324 e. The number of piperidine rings is 1. The van der Waals surface area contributed by atoms with Gasteiger partial charge in [-0.25, -0.2) is 13.2 Å². The normalized spacial score (nSPS) is 16.2. The molecule has 2 aliphatic heterocycles. The number of nitrogens with one attached hydrogen (secondary N) is 1. The maximum atomic E-state index is 12.9. The maximum absolute atomic E-state index is 12.9. The van der Waals surface area contributed by atoms with E-state index < -0.39 is 10.0 Å². The zero-order valence-corrected chi connectivity index (χ0v) is 21.5. The van der Waals surface area contributed by atoms with Gasteiger partial charge < -0.3 is 10.2 Å². The number of sulfonamides is 1. The van der Waals surface area contributed by atoms with Gasteiger partial charge in [-0.15, -0.1) is 12.4 Å². The molecule has 1 spiro atoms. The van der Waals surface area contributed by atoms with Gasteiger partial charge in [-0.1, -0.05) is 48.5 Å². The minimum atomic E-state index is -3.37. The van der Waals surface area contributed by atoms with Crippen LogP contribution >= 0.6 is 12.4 Å². The summed E-state index contributed by atoms with van der Waals surface area (Å²) in [6, 6.07) is 23.4. The van der Waals surface area contributed by atoms with Gasteiger partial charge in [0.2, 0.25) is 10.0 Å². The van der Waals surface area contributed by atoms with Crippen molar-refractivity contribution in [3.05, 3.63) is 95.6 Å². The van der Waals surface area contributed by atoms with E-state index in [0.29, 0.717) is 49.3 Å². The Bertz CT molecular complexity index is 1370. The molecule has 1 saturated heterocycles. The first-order chi connectivity index (χ1) is 16.8. The number of urea groups is 1. The van der Waals surface area contributed by atoms with Crippen LogP contribution in [0.3, 0.4) is 0 Å². The number of carbonyl (C=O) groups excluding carboxylic acids is 2. The van der Waals surface area contributed by atoms with Gasteiger partial charge in [-0.3, -0.25) is 9.10 Å². The Kier molecular flexibility index (Phi) is 7.11. The maximum Gasteiger partial charge on any atom is 0.321 e. The lowest BCUT2D eigenvalue weighted by Crippen LogP contribution is -2.48. The molecule has 0 bridgehead atoms. The Labute approximate surface area is 217 Å². The third-order valence-electron chi connectivity index (χ3n) is 7.03. The highest BCUT2D eigenvalue weighted by atomic mass is 35.5. The molecule has 0 aliphatic carbocycles. The van der Waals surface area contributed by atoms with Crippen LogP contribution in [0, 0.1) is 0 Å². The number of para-hydroxylation sites is 1. The van der Waals surface area contributed by atoms with Crippen LogP contribution in [0.1, 0.15) is 34.3 Å². The molecule has 36 heavy (non-hydrogen) atoms.